The number of hydrogen-bond acceptors (Lipinski definition) is 5. The number of phenols is 1. The Morgan fingerprint density at radius 1 is 1.21 bits per heavy atom. The fourth-order valence-corrected chi connectivity index (χ4v) is 2.93. The van der Waals surface area contributed by atoms with Gasteiger partial charge >= 0.3 is 0 Å². The maximum Gasteiger partial charge on any atom is 0.234 e. The van der Waals surface area contributed by atoms with Crippen LogP contribution in [0.15, 0.2) is 47.1 Å². The van der Waals surface area contributed by atoms with Crippen molar-refractivity contribution in [3.8, 4) is 5.75 Å². The second kappa shape index (κ2) is 7.40. The van der Waals surface area contributed by atoms with Gasteiger partial charge in [0, 0.05) is 31.9 Å². The van der Waals surface area contributed by atoms with Crippen LogP contribution >= 0.6 is 0 Å². The number of benzene rings is 1. The highest BCUT2D eigenvalue weighted by Crippen LogP contribution is 2.19. The van der Waals surface area contributed by atoms with Gasteiger partial charge in [0.15, 0.2) is 0 Å². The van der Waals surface area contributed by atoms with Crippen LogP contribution in [0.25, 0.3) is 0 Å². The standard InChI is InChI=1S/C18H23N3O3/c1-14(17-3-2-12-24-17)19-18(23)13-20-8-10-21(11-9-20)15-4-6-16(22)7-5-15/h2-7,12,14,22H,8-11,13H2,1H3,(H,19,23)/t14-/m0/s1. The Morgan fingerprint density at radius 2 is 1.92 bits per heavy atom. The molecule has 0 bridgehead atoms. The van der Waals surface area contributed by atoms with Crippen molar-refractivity contribution in [3.63, 3.8) is 0 Å². The first-order valence-electron chi connectivity index (χ1n) is 8.21. The van der Waals surface area contributed by atoms with Crippen LogP contribution in [-0.4, -0.2) is 48.6 Å². The van der Waals surface area contributed by atoms with E-state index in [0.29, 0.717) is 6.54 Å². The number of furan rings is 1. The zero-order chi connectivity index (χ0) is 16.9. The molecule has 0 unspecified atom stereocenters. The van der Waals surface area contributed by atoms with Crippen molar-refractivity contribution < 1.29 is 14.3 Å². The molecule has 2 N–H and O–H groups in total. The van der Waals surface area contributed by atoms with Gasteiger partial charge in [-0.15, -0.1) is 0 Å². The predicted octanol–water partition coefficient (Wildman–Crippen LogP) is 1.98. The maximum absolute atomic E-state index is 12.2. The molecule has 1 aromatic carbocycles. The molecule has 1 aliphatic heterocycles. The Kier molecular flexibility index (Phi) is 5.05. The summed E-state index contributed by atoms with van der Waals surface area (Å²) in [7, 11) is 0. The topological polar surface area (TPSA) is 69.0 Å². The molecular weight excluding hydrogens is 306 g/mol. The summed E-state index contributed by atoms with van der Waals surface area (Å²) in [5, 5.41) is 12.3. The average Bonchev–Trinajstić information content (AvgIpc) is 3.11. The molecular formula is C18H23N3O3. The fourth-order valence-electron chi connectivity index (χ4n) is 2.93. The minimum absolute atomic E-state index is 0.0111. The van der Waals surface area contributed by atoms with Gasteiger partial charge in [-0.2, -0.15) is 0 Å². The molecule has 0 radical (unpaired) electrons. The first kappa shape index (κ1) is 16.4. The minimum Gasteiger partial charge on any atom is -0.508 e. The zero-order valence-corrected chi connectivity index (χ0v) is 13.8. The lowest BCUT2D eigenvalue weighted by Crippen LogP contribution is -2.49. The molecule has 2 aromatic rings. The van der Waals surface area contributed by atoms with Gasteiger partial charge in [0.05, 0.1) is 18.8 Å². The van der Waals surface area contributed by atoms with Crippen LogP contribution in [0.2, 0.25) is 0 Å². The van der Waals surface area contributed by atoms with Gasteiger partial charge in [-0.1, -0.05) is 0 Å². The van der Waals surface area contributed by atoms with E-state index in [2.05, 4.69) is 15.1 Å². The van der Waals surface area contributed by atoms with E-state index >= 15 is 0 Å². The Bertz CT molecular complexity index is 647. The second-order valence-corrected chi connectivity index (χ2v) is 6.08. The number of carbonyl (C=O) groups is 1. The molecule has 6 heteroatoms. The quantitative estimate of drug-likeness (QED) is 0.878. The van der Waals surface area contributed by atoms with Gasteiger partial charge in [-0.25, -0.2) is 0 Å². The first-order valence-corrected chi connectivity index (χ1v) is 8.21. The summed E-state index contributed by atoms with van der Waals surface area (Å²) in [6.45, 7) is 5.72. The number of hydrogen-bond donors (Lipinski definition) is 2. The molecule has 0 saturated carbocycles. The third-order valence-electron chi connectivity index (χ3n) is 4.30. The SMILES string of the molecule is C[C@H](NC(=O)CN1CCN(c2ccc(O)cc2)CC1)c1ccco1. The largest absolute Gasteiger partial charge is 0.508 e. The first-order chi connectivity index (χ1) is 11.6. The highest BCUT2D eigenvalue weighted by atomic mass is 16.3. The van der Waals surface area contributed by atoms with Crippen molar-refractivity contribution >= 4 is 11.6 Å². The van der Waals surface area contributed by atoms with Crippen molar-refractivity contribution in [2.75, 3.05) is 37.6 Å². The monoisotopic (exact) mass is 329 g/mol. The van der Waals surface area contributed by atoms with Crippen molar-refractivity contribution in [1.82, 2.24) is 10.2 Å². The van der Waals surface area contributed by atoms with Gasteiger partial charge < -0.3 is 19.7 Å². The van der Waals surface area contributed by atoms with E-state index in [-0.39, 0.29) is 17.7 Å². The van der Waals surface area contributed by atoms with Crippen LogP contribution in [0.1, 0.15) is 18.7 Å². The lowest BCUT2D eigenvalue weighted by molar-refractivity contribution is -0.123. The van der Waals surface area contributed by atoms with Gasteiger partial charge in [0.2, 0.25) is 5.91 Å². The Balaban J connectivity index is 1.45. The van der Waals surface area contributed by atoms with Crippen LogP contribution in [0.3, 0.4) is 0 Å². The van der Waals surface area contributed by atoms with E-state index in [4.69, 9.17) is 4.42 Å². The molecule has 128 valence electrons. The molecule has 1 atom stereocenters. The molecule has 2 heterocycles. The molecule has 24 heavy (non-hydrogen) atoms. The highest BCUT2D eigenvalue weighted by molar-refractivity contribution is 5.78. The van der Waals surface area contributed by atoms with Gasteiger partial charge in [0.1, 0.15) is 11.5 Å². The summed E-state index contributed by atoms with van der Waals surface area (Å²) in [6, 6.07) is 10.8. The highest BCUT2D eigenvalue weighted by Gasteiger charge is 2.20. The molecule has 0 aliphatic carbocycles. The summed E-state index contributed by atoms with van der Waals surface area (Å²) in [6.07, 6.45) is 1.61. The number of rotatable bonds is 5. The number of nitrogens with one attached hydrogen (secondary N) is 1. The molecule has 1 fully saturated rings. The van der Waals surface area contributed by atoms with E-state index in [9.17, 15) is 9.90 Å². The van der Waals surface area contributed by atoms with Crippen molar-refractivity contribution in [3.05, 3.63) is 48.4 Å². The molecule has 1 amide bonds. The number of anilines is 1. The van der Waals surface area contributed by atoms with Crippen LogP contribution in [0.5, 0.6) is 5.75 Å². The lowest BCUT2D eigenvalue weighted by atomic mass is 10.2. The third kappa shape index (κ3) is 4.08. The van der Waals surface area contributed by atoms with E-state index in [1.807, 2.05) is 31.2 Å². The predicted molar refractivity (Wildman–Crippen MR) is 92.0 cm³/mol. The van der Waals surface area contributed by atoms with Crippen molar-refractivity contribution in [2.24, 2.45) is 0 Å². The number of nitrogens with zero attached hydrogens (tertiary/aromatic N) is 2. The third-order valence-corrected chi connectivity index (χ3v) is 4.30. The fraction of sp³-hybridized carbons (Fsp3) is 0.389. The smallest absolute Gasteiger partial charge is 0.234 e. The number of aromatic hydroxyl groups is 1. The normalized spacial score (nSPS) is 16.8. The van der Waals surface area contributed by atoms with Gasteiger partial charge in [-0.3, -0.25) is 9.69 Å². The zero-order valence-electron chi connectivity index (χ0n) is 13.8. The maximum atomic E-state index is 12.2. The van der Waals surface area contributed by atoms with Gasteiger partial charge in [0.25, 0.3) is 0 Å². The number of piperazine rings is 1. The number of phenolic OH excluding ortho intramolecular Hbond substituents is 1. The van der Waals surface area contributed by atoms with Gasteiger partial charge in [-0.05, 0) is 43.3 Å². The summed E-state index contributed by atoms with van der Waals surface area (Å²) in [5.41, 5.74) is 1.10. The number of amides is 1. The van der Waals surface area contributed by atoms with Crippen LogP contribution in [-0.2, 0) is 4.79 Å². The molecule has 3 rings (SSSR count). The van der Waals surface area contributed by atoms with Crippen LogP contribution in [0, 0.1) is 0 Å². The summed E-state index contributed by atoms with van der Waals surface area (Å²) < 4.78 is 5.30. The van der Waals surface area contributed by atoms with E-state index in [1.54, 1.807) is 18.4 Å². The Hall–Kier alpha value is -2.47. The van der Waals surface area contributed by atoms with E-state index < -0.39 is 0 Å². The lowest BCUT2D eigenvalue weighted by Gasteiger charge is -2.35. The Morgan fingerprint density at radius 3 is 2.54 bits per heavy atom. The molecule has 0 spiro atoms. The minimum atomic E-state index is -0.120. The molecule has 1 aliphatic rings. The van der Waals surface area contributed by atoms with E-state index in [1.165, 1.54) is 0 Å². The summed E-state index contributed by atoms with van der Waals surface area (Å²) in [5.74, 6) is 1.05. The second-order valence-electron chi connectivity index (χ2n) is 6.08. The average molecular weight is 329 g/mol. The van der Waals surface area contributed by atoms with E-state index in [0.717, 1.165) is 37.6 Å². The van der Waals surface area contributed by atoms with Crippen LogP contribution in [0.4, 0.5) is 5.69 Å². The molecule has 1 aromatic heterocycles. The Labute approximate surface area is 141 Å². The summed E-state index contributed by atoms with van der Waals surface area (Å²) in [4.78, 5) is 16.6. The molecule has 6 nitrogen and oxygen atoms in total. The summed E-state index contributed by atoms with van der Waals surface area (Å²) >= 11 is 0. The number of carbonyl (C=O) groups excluding carboxylic acids is 1. The van der Waals surface area contributed by atoms with Crippen molar-refractivity contribution in [2.45, 2.75) is 13.0 Å². The van der Waals surface area contributed by atoms with Crippen LogP contribution < -0.4 is 10.2 Å². The molecule has 1 saturated heterocycles. The van der Waals surface area contributed by atoms with Crippen molar-refractivity contribution in [1.29, 1.82) is 0 Å².